The zero-order valence-corrected chi connectivity index (χ0v) is 13.2. The van der Waals surface area contributed by atoms with Crippen LogP contribution in [0.5, 0.6) is 5.75 Å². The Hall–Kier alpha value is -2.59. The minimum Gasteiger partial charge on any atom is -0.497 e. The van der Waals surface area contributed by atoms with E-state index in [1.165, 1.54) is 7.11 Å². The summed E-state index contributed by atoms with van der Waals surface area (Å²) >= 11 is 0. The number of hydrogen-bond acceptors (Lipinski definition) is 4. The molecule has 1 N–H and O–H groups in total. The van der Waals surface area contributed by atoms with Crippen LogP contribution in [0.15, 0.2) is 66.7 Å². The van der Waals surface area contributed by atoms with Gasteiger partial charge in [-0.1, -0.05) is 49.0 Å². The first-order valence-corrected chi connectivity index (χ1v) is 7.22. The number of methoxy groups -OCH3 is 2. The highest BCUT2D eigenvalue weighted by Gasteiger charge is 2.29. The fourth-order valence-electron chi connectivity index (χ4n) is 2.49. The normalized spacial score (nSPS) is 13.0. The van der Waals surface area contributed by atoms with Crippen LogP contribution in [-0.2, 0) is 9.53 Å². The molecule has 23 heavy (non-hydrogen) atoms. The summed E-state index contributed by atoms with van der Waals surface area (Å²) in [4.78, 5) is 11.9. The molecule has 120 valence electrons. The zero-order valence-electron chi connectivity index (χ0n) is 13.2. The van der Waals surface area contributed by atoms with Gasteiger partial charge in [-0.3, -0.25) is 0 Å². The highest BCUT2D eigenvalue weighted by molar-refractivity contribution is 5.89. The highest BCUT2D eigenvalue weighted by Crippen LogP contribution is 2.37. The number of hydrogen-bond donors (Lipinski definition) is 1. The molecule has 0 amide bonds. The number of ether oxygens (including phenoxy) is 2. The highest BCUT2D eigenvalue weighted by atomic mass is 16.5. The summed E-state index contributed by atoms with van der Waals surface area (Å²) in [5.74, 6) is -0.424. The number of benzene rings is 2. The molecular weight excluding hydrogens is 292 g/mol. The van der Waals surface area contributed by atoms with Crippen molar-refractivity contribution in [3.63, 3.8) is 0 Å². The first-order valence-electron chi connectivity index (χ1n) is 7.22. The van der Waals surface area contributed by atoms with Crippen LogP contribution >= 0.6 is 0 Å². The zero-order chi connectivity index (χ0) is 16.8. The molecule has 0 saturated carbocycles. The fourth-order valence-corrected chi connectivity index (χ4v) is 2.49. The molecule has 0 saturated heterocycles. The van der Waals surface area contributed by atoms with Crippen molar-refractivity contribution >= 4 is 5.97 Å². The summed E-state index contributed by atoms with van der Waals surface area (Å²) in [6, 6.07) is 16.4. The van der Waals surface area contributed by atoms with Gasteiger partial charge in [0.1, 0.15) is 5.75 Å². The number of esters is 1. The number of aliphatic hydroxyl groups is 1. The van der Waals surface area contributed by atoms with E-state index in [1.807, 2.05) is 30.3 Å². The van der Waals surface area contributed by atoms with Crippen molar-refractivity contribution in [2.24, 2.45) is 0 Å². The SMILES string of the molecule is C=C(C(=O)OC)[C@@H](c1ccccc1)[C@H](O)c1ccc(OC)cc1. The van der Waals surface area contributed by atoms with Crippen LogP contribution in [0.1, 0.15) is 23.1 Å². The van der Waals surface area contributed by atoms with Crippen LogP contribution in [0, 0.1) is 0 Å². The number of aliphatic hydroxyl groups excluding tert-OH is 1. The lowest BCUT2D eigenvalue weighted by molar-refractivity contribution is -0.136. The van der Waals surface area contributed by atoms with Crippen molar-refractivity contribution in [1.82, 2.24) is 0 Å². The minimum atomic E-state index is -0.921. The Morgan fingerprint density at radius 1 is 1.00 bits per heavy atom. The maximum Gasteiger partial charge on any atom is 0.333 e. The van der Waals surface area contributed by atoms with Crippen molar-refractivity contribution in [2.75, 3.05) is 14.2 Å². The van der Waals surface area contributed by atoms with Crippen LogP contribution in [0.2, 0.25) is 0 Å². The predicted octanol–water partition coefficient (Wildman–Crippen LogP) is 3.24. The summed E-state index contributed by atoms with van der Waals surface area (Å²) in [5, 5.41) is 10.8. The first kappa shape index (κ1) is 16.8. The molecule has 2 aromatic carbocycles. The summed E-state index contributed by atoms with van der Waals surface area (Å²) in [6.45, 7) is 3.82. The number of carbonyl (C=O) groups is 1. The summed E-state index contributed by atoms with van der Waals surface area (Å²) in [5.41, 5.74) is 1.68. The van der Waals surface area contributed by atoms with Gasteiger partial charge in [0.15, 0.2) is 0 Å². The number of carbonyl (C=O) groups excluding carboxylic acids is 1. The van der Waals surface area contributed by atoms with Gasteiger partial charge in [0.25, 0.3) is 0 Å². The molecule has 0 aliphatic rings. The third-order valence-electron chi connectivity index (χ3n) is 3.75. The first-order chi connectivity index (χ1) is 11.1. The maximum atomic E-state index is 11.9. The molecule has 2 rings (SSSR count). The van der Waals surface area contributed by atoms with E-state index in [0.717, 1.165) is 5.56 Å². The van der Waals surface area contributed by atoms with Crippen molar-refractivity contribution in [1.29, 1.82) is 0 Å². The summed E-state index contributed by atoms with van der Waals surface area (Å²) in [7, 11) is 2.88. The van der Waals surface area contributed by atoms with Crippen LogP contribution in [0.25, 0.3) is 0 Å². The molecule has 0 aliphatic carbocycles. The van der Waals surface area contributed by atoms with Crippen molar-refractivity contribution in [3.05, 3.63) is 77.9 Å². The van der Waals surface area contributed by atoms with Gasteiger partial charge in [0.2, 0.25) is 0 Å². The molecule has 0 aliphatic heterocycles. The minimum absolute atomic E-state index is 0.210. The van der Waals surface area contributed by atoms with Crippen molar-refractivity contribution < 1.29 is 19.4 Å². The lowest BCUT2D eigenvalue weighted by Gasteiger charge is -2.24. The Labute approximate surface area is 136 Å². The van der Waals surface area contributed by atoms with Gasteiger partial charge < -0.3 is 14.6 Å². The van der Waals surface area contributed by atoms with E-state index in [-0.39, 0.29) is 5.57 Å². The van der Waals surface area contributed by atoms with Gasteiger partial charge in [0, 0.05) is 11.5 Å². The van der Waals surface area contributed by atoms with Gasteiger partial charge in [-0.15, -0.1) is 0 Å². The quantitative estimate of drug-likeness (QED) is 0.657. The van der Waals surface area contributed by atoms with Gasteiger partial charge in [0.05, 0.1) is 20.3 Å². The predicted molar refractivity (Wildman–Crippen MR) is 88.3 cm³/mol. The van der Waals surface area contributed by atoms with Gasteiger partial charge in [-0.25, -0.2) is 4.79 Å². The van der Waals surface area contributed by atoms with Gasteiger partial charge >= 0.3 is 5.97 Å². The van der Waals surface area contributed by atoms with Crippen LogP contribution in [-0.4, -0.2) is 25.3 Å². The number of rotatable bonds is 6. The summed E-state index contributed by atoms with van der Waals surface area (Å²) in [6.07, 6.45) is -0.921. The van der Waals surface area contributed by atoms with Crippen LogP contribution in [0.3, 0.4) is 0 Å². The van der Waals surface area contributed by atoms with E-state index in [9.17, 15) is 9.90 Å². The molecule has 4 heteroatoms. The molecule has 0 fully saturated rings. The Balaban J connectivity index is 2.39. The van der Waals surface area contributed by atoms with Gasteiger partial charge in [-0.05, 0) is 23.3 Å². The molecule has 0 unspecified atom stereocenters. The van der Waals surface area contributed by atoms with E-state index >= 15 is 0 Å². The van der Waals surface area contributed by atoms with Crippen molar-refractivity contribution in [3.8, 4) is 5.75 Å². The van der Waals surface area contributed by atoms with Crippen LogP contribution < -0.4 is 4.74 Å². The monoisotopic (exact) mass is 312 g/mol. The average molecular weight is 312 g/mol. The lowest BCUT2D eigenvalue weighted by Crippen LogP contribution is -2.19. The molecule has 0 bridgehead atoms. The second-order valence-electron chi connectivity index (χ2n) is 5.12. The lowest BCUT2D eigenvalue weighted by atomic mass is 9.84. The smallest absolute Gasteiger partial charge is 0.333 e. The van der Waals surface area contributed by atoms with Crippen LogP contribution in [0.4, 0.5) is 0 Å². The van der Waals surface area contributed by atoms with E-state index in [4.69, 9.17) is 9.47 Å². The molecule has 2 aromatic rings. The largest absolute Gasteiger partial charge is 0.497 e. The second kappa shape index (κ2) is 7.61. The second-order valence-corrected chi connectivity index (χ2v) is 5.12. The van der Waals surface area contributed by atoms with Crippen molar-refractivity contribution in [2.45, 2.75) is 12.0 Å². The van der Waals surface area contributed by atoms with E-state index in [1.54, 1.807) is 31.4 Å². The molecule has 4 nitrogen and oxygen atoms in total. The Kier molecular flexibility index (Phi) is 5.55. The van der Waals surface area contributed by atoms with E-state index in [2.05, 4.69) is 6.58 Å². The Bertz CT molecular complexity index is 662. The molecule has 0 aromatic heterocycles. The molecule has 0 radical (unpaired) electrons. The Morgan fingerprint density at radius 3 is 2.13 bits per heavy atom. The fraction of sp³-hybridized carbons (Fsp3) is 0.211. The van der Waals surface area contributed by atoms with Gasteiger partial charge in [-0.2, -0.15) is 0 Å². The van der Waals surface area contributed by atoms with E-state index < -0.39 is 18.0 Å². The molecule has 0 heterocycles. The molecule has 0 spiro atoms. The summed E-state index contributed by atoms with van der Waals surface area (Å²) < 4.78 is 9.89. The third kappa shape index (κ3) is 3.79. The van der Waals surface area contributed by atoms with E-state index in [0.29, 0.717) is 11.3 Å². The average Bonchev–Trinajstić information content (AvgIpc) is 2.62. The third-order valence-corrected chi connectivity index (χ3v) is 3.75. The molecular formula is C19H20O4. The maximum absolute atomic E-state index is 11.9. The topological polar surface area (TPSA) is 55.8 Å². The molecule has 2 atom stereocenters. The standard InChI is InChI=1S/C19H20O4/c1-13(19(21)23-3)17(14-7-5-4-6-8-14)18(20)15-9-11-16(22-2)12-10-15/h4-12,17-18,20H,1H2,2-3H3/t17-,18+/m0/s1. The Morgan fingerprint density at radius 2 is 1.61 bits per heavy atom.